The summed E-state index contributed by atoms with van der Waals surface area (Å²) in [5.74, 6) is 1.69. The van der Waals surface area contributed by atoms with Crippen LogP contribution in [-0.2, 0) is 6.54 Å². The predicted molar refractivity (Wildman–Crippen MR) is 92.5 cm³/mol. The van der Waals surface area contributed by atoms with Crippen molar-refractivity contribution < 1.29 is 0 Å². The summed E-state index contributed by atoms with van der Waals surface area (Å²) in [5, 5.41) is 7.82. The summed E-state index contributed by atoms with van der Waals surface area (Å²) in [5.41, 5.74) is 1.12. The number of aromatic nitrogens is 1. The molecule has 1 fully saturated rings. The van der Waals surface area contributed by atoms with E-state index in [1.54, 1.807) is 11.3 Å². The van der Waals surface area contributed by atoms with Gasteiger partial charge in [-0.15, -0.1) is 35.3 Å². The Morgan fingerprint density at radius 2 is 2.16 bits per heavy atom. The van der Waals surface area contributed by atoms with Gasteiger partial charge in [0.25, 0.3) is 0 Å². The molecule has 2 unspecified atom stereocenters. The number of thiazole rings is 1. The van der Waals surface area contributed by atoms with Gasteiger partial charge in [-0.05, 0) is 33.1 Å². The fourth-order valence-corrected chi connectivity index (χ4v) is 2.63. The van der Waals surface area contributed by atoms with E-state index in [4.69, 9.17) is 0 Å². The Hall–Kier alpha value is -0.370. The molecule has 2 rings (SSSR count). The minimum Gasteiger partial charge on any atom is -0.357 e. The second kappa shape index (κ2) is 7.42. The summed E-state index contributed by atoms with van der Waals surface area (Å²) in [7, 11) is 0. The first-order chi connectivity index (χ1) is 8.60. The summed E-state index contributed by atoms with van der Waals surface area (Å²) in [6.07, 6.45) is 1.25. The van der Waals surface area contributed by atoms with Crippen LogP contribution in [0.2, 0.25) is 0 Å². The summed E-state index contributed by atoms with van der Waals surface area (Å²) < 4.78 is 0. The Morgan fingerprint density at radius 1 is 1.47 bits per heavy atom. The quantitative estimate of drug-likeness (QED) is 0.469. The van der Waals surface area contributed by atoms with E-state index in [-0.39, 0.29) is 24.0 Å². The molecule has 1 heterocycles. The number of aryl methyl sites for hydroxylation is 2. The van der Waals surface area contributed by atoms with E-state index in [0.717, 1.165) is 29.1 Å². The van der Waals surface area contributed by atoms with E-state index < -0.39 is 0 Å². The molecular formula is C13H23IN4S. The van der Waals surface area contributed by atoms with Gasteiger partial charge in [-0.2, -0.15) is 0 Å². The molecule has 4 nitrogen and oxygen atoms in total. The van der Waals surface area contributed by atoms with Gasteiger partial charge < -0.3 is 10.6 Å². The van der Waals surface area contributed by atoms with Crippen LogP contribution in [0.4, 0.5) is 0 Å². The molecule has 1 aromatic heterocycles. The number of hydrogen-bond donors (Lipinski definition) is 2. The number of nitrogens with one attached hydrogen (secondary N) is 2. The minimum atomic E-state index is 0. The molecule has 1 aliphatic carbocycles. The monoisotopic (exact) mass is 394 g/mol. The first-order valence-corrected chi connectivity index (χ1v) is 7.39. The smallest absolute Gasteiger partial charge is 0.191 e. The molecule has 19 heavy (non-hydrogen) atoms. The van der Waals surface area contributed by atoms with Crippen molar-refractivity contribution in [3.05, 3.63) is 15.6 Å². The van der Waals surface area contributed by atoms with Crippen molar-refractivity contribution in [2.45, 2.75) is 46.7 Å². The molecule has 2 atom stereocenters. The lowest BCUT2D eigenvalue weighted by molar-refractivity contribution is 0.766. The maximum atomic E-state index is 4.60. The van der Waals surface area contributed by atoms with E-state index >= 15 is 0 Å². The number of halogens is 1. The highest BCUT2D eigenvalue weighted by molar-refractivity contribution is 14.0. The van der Waals surface area contributed by atoms with Crippen LogP contribution < -0.4 is 10.6 Å². The van der Waals surface area contributed by atoms with Gasteiger partial charge in [0.1, 0.15) is 5.01 Å². The molecule has 0 radical (unpaired) electrons. The van der Waals surface area contributed by atoms with Gasteiger partial charge in [0, 0.05) is 17.5 Å². The third kappa shape index (κ3) is 4.91. The van der Waals surface area contributed by atoms with Gasteiger partial charge in [0.05, 0.1) is 12.2 Å². The molecule has 1 aromatic rings. The van der Waals surface area contributed by atoms with Crippen molar-refractivity contribution >= 4 is 41.3 Å². The average molecular weight is 394 g/mol. The van der Waals surface area contributed by atoms with Crippen LogP contribution in [0.3, 0.4) is 0 Å². The molecule has 0 amide bonds. The Labute approximate surface area is 136 Å². The van der Waals surface area contributed by atoms with Gasteiger partial charge >= 0.3 is 0 Å². The first kappa shape index (κ1) is 16.7. The zero-order valence-corrected chi connectivity index (χ0v) is 15.1. The van der Waals surface area contributed by atoms with Crippen LogP contribution in [0.1, 0.15) is 35.8 Å². The van der Waals surface area contributed by atoms with Crippen molar-refractivity contribution in [1.29, 1.82) is 0 Å². The van der Waals surface area contributed by atoms with Crippen molar-refractivity contribution in [3.8, 4) is 0 Å². The standard InChI is InChI=1S/C13H22N4S.HI/c1-5-14-13(17-11-6-8(11)2)15-7-12-16-9(3)10(4)18-12;/h8,11H,5-7H2,1-4H3,(H2,14,15,17);1H. The summed E-state index contributed by atoms with van der Waals surface area (Å²) in [4.78, 5) is 10.4. The Bertz CT molecular complexity index is 424. The Morgan fingerprint density at radius 3 is 2.63 bits per heavy atom. The maximum Gasteiger partial charge on any atom is 0.191 e. The van der Waals surface area contributed by atoms with Crippen LogP contribution in [0, 0.1) is 19.8 Å². The summed E-state index contributed by atoms with van der Waals surface area (Å²) in [6.45, 7) is 10.1. The van der Waals surface area contributed by atoms with Crippen LogP contribution in [0.5, 0.6) is 0 Å². The lowest BCUT2D eigenvalue weighted by Crippen LogP contribution is -2.39. The number of guanidine groups is 1. The summed E-state index contributed by atoms with van der Waals surface area (Å²) >= 11 is 1.74. The van der Waals surface area contributed by atoms with Crippen LogP contribution in [0.25, 0.3) is 0 Å². The molecule has 0 bridgehead atoms. The van der Waals surface area contributed by atoms with Gasteiger partial charge in [-0.1, -0.05) is 6.92 Å². The highest BCUT2D eigenvalue weighted by atomic mass is 127. The van der Waals surface area contributed by atoms with Gasteiger partial charge in [-0.3, -0.25) is 0 Å². The predicted octanol–water partition coefficient (Wildman–Crippen LogP) is 2.84. The van der Waals surface area contributed by atoms with E-state index in [1.165, 1.54) is 11.3 Å². The van der Waals surface area contributed by atoms with Crippen LogP contribution >= 0.6 is 35.3 Å². The SMILES string of the molecule is CCNC(=NCc1nc(C)c(C)s1)NC1CC1C.I. The summed E-state index contributed by atoms with van der Waals surface area (Å²) in [6, 6.07) is 0.600. The molecule has 0 aliphatic heterocycles. The number of nitrogens with zero attached hydrogens (tertiary/aromatic N) is 2. The van der Waals surface area contributed by atoms with Crippen molar-refractivity contribution in [2.75, 3.05) is 6.54 Å². The number of rotatable bonds is 4. The normalized spacial score (nSPS) is 21.8. The Kier molecular flexibility index (Phi) is 6.52. The topological polar surface area (TPSA) is 49.3 Å². The van der Waals surface area contributed by atoms with E-state index in [2.05, 4.69) is 41.4 Å². The van der Waals surface area contributed by atoms with Gasteiger partial charge in [0.15, 0.2) is 5.96 Å². The highest BCUT2D eigenvalue weighted by Crippen LogP contribution is 2.28. The molecule has 1 aliphatic rings. The van der Waals surface area contributed by atoms with Crippen molar-refractivity contribution in [1.82, 2.24) is 15.6 Å². The molecule has 0 saturated heterocycles. The van der Waals surface area contributed by atoms with Gasteiger partial charge in [-0.25, -0.2) is 9.98 Å². The minimum absolute atomic E-state index is 0. The van der Waals surface area contributed by atoms with Crippen LogP contribution in [0.15, 0.2) is 4.99 Å². The molecule has 0 spiro atoms. The van der Waals surface area contributed by atoms with Crippen LogP contribution in [-0.4, -0.2) is 23.5 Å². The lowest BCUT2D eigenvalue weighted by Gasteiger charge is -2.10. The Balaban J connectivity index is 0.00000180. The average Bonchev–Trinajstić information content (AvgIpc) is 2.91. The fraction of sp³-hybridized carbons (Fsp3) is 0.692. The second-order valence-electron chi connectivity index (χ2n) is 4.91. The largest absolute Gasteiger partial charge is 0.357 e. The second-order valence-corrected chi connectivity index (χ2v) is 6.20. The van der Waals surface area contributed by atoms with E-state index in [1.807, 2.05) is 6.92 Å². The maximum absolute atomic E-state index is 4.60. The zero-order chi connectivity index (χ0) is 13.1. The van der Waals surface area contributed by atoms with E-state index in [0.29, 0.717) is 12.6 Å². The molecule has 0 aromatic carbocycles. The third-order valence-electron chi connectivity index (χ3n) is 3.22. The number of aliphatic imine (C=N–C) groups is 1. The molecule has 2 N–H and O–H groups in total. The van der Waals surface area contributed by atoms with E-state index in [9.17, 15) is 0 Å². The molecular weight excluding hydrogens is 371 g/mol. The van der Waals surface area contributed by atoms with Crippen molar-refractivity contribution in [3.63, 3.8) is 0 Å². The fourth-order valence-electron chi connectivity index (χ4n) is 1.77. The third-order valence-corrected chi connectivity index (χ3v) is 4.28. The molecule has 1 saturated carbocycles. The molecule has 6 heteroatoms. The zero-order valence-electron chi connectivity index (χ0n) is 12.0. The van der Waals surface area contributed by atoms with Gasteiger partial charge in [0.2, 0.25) is 0 Å². The first-order valence-electron chi connectivity index (χ1n) is 6.58. The van der Waals surface area contributed by atoms with Crippen molar-refractivity contribution in [2.24, 2.45) is 10.9 Å². The number of hydrogen-bond acceptors (Lipinski definition) is 3. The highest BCUT2D eigenvalue weighted by Gasteiger charge is 2.33. The lowest BCUT2D eigenvalue weighted by atomic mass is 10.4. The molecule has 108 valence electrons.